The first-order valence-corrected chi connectivity index (χ1v) is 8.38. The van der Waals surface area contributed by atoms with E-state index in [-0.39, 0.29) is 0 Å². The van der Waals surface area contributed by atoms with E-state index in [9.17, 15) is 0 Å². The molecule has 0 saturated heterocycles. The van der Waals surface area contributed by atoms with Gasteiger partial charge in [-0.15, -0.1) is 11.3 Å². The van der Waals surface area contributed by atoms with E-state index in [0.717, 1.165) is 37.6 Å². The number of nitrogens with zero attached hydrogens (tertiary/aromatic N) is 2. The number of thioether (sulfide) groups is 1. The van der Waals surface area contributed by atoms with Crippen molar-refractivity contribution in [1.82, 2.24) is 15.6 Å². The molecule has 0 saturated carbocycles. The summed E-state index contributed by atoms with van der Waals surface area (Å²) in [7, 11) is 1.80. The summed E-state index contributed by atoms with van der Waals surface area (Å²) >= 11 is 3.63. The first-order valence-electron chi connectivity index (χ1n) is 6.17. The Labute approximate surface area is 118 Å². The van der Waals surface area contributed by atoms with Gasteiger partial charge in [0.25, 0.3) is 0 Å². The number of thiazole rings is 1. The van der Waals surface area contributed by atoms with Gasteiger partial charge in [-0.2, -0.15) is 11.8 Å². The SMILES string of the molecule is CCc1cnc(CCNC(=NC)NCCSC)s1. The van der Waals surface area contributed by atoms with Crippen LogP contribution in [-0.2, 0) is 12.8 Å². The summed E-state index contributed by atoms with van der Waals surface area (Å²) in [6.45, 7) is 3.97. The smallest absolute Gasteiger partial charge is 0.191 e. The van der Waals surface area contributed by atoms with E-state index in [1.54, 1.807) is 18.4 Å². The van der Waals surface area contributed by atoms with Crippen LogP contribution >= 0.6 is 23.1 Å². The zero-order valence-electron chi connectivity index (χ0n) is 11.3. The highest BCUT2D eigenvalue weighted by molar-refractivity contribution is 7.98. The highest BCUT2D eigenvalue weighted by Crippen LogP contribution is 2.13. The molecule has 1 heterocycles. The summed E-state index contributed by atoms with van der Waals surface area (Å²) in [5.74, 6) is 1.96. The molecule has 102 valence electrons. The highest BCUT2D eigenvalue weighted by atomic mass is 32.2. The second-order valence-corrected chi connectivity index (χ2v) is 5.93. The lowest BCUT2D eigenvalue weighted by Crippen LogP contribution is -2.39. The molecule has 0 aliphatic carbocycles. The molecule has 4 nitrogen and oxygen atoms in total. The fourth-order valence-corrected chi connectivity index (χ4v) is 2.58. The van der Waals surface area contributed by atoms with E-state index < -0.39 is 0 Å². The van der Waals surface area contributed by atoms with Crippen LogP contribution in [0.3, 0.4) is 0 Å². The number of aryl methyl sites for hydroxylation is 1. The molecule has 0 fully saturated rings. The first-order chi connectivity index (χ1) is 8.80. The maximum absolute atomic E-state index is 4.40. The molecule has 1 aromatic rings. The normalized spacial score (nSPS) is 11.6. The third-order valence-electron chi connectivity index (χ3n) is 2.40. The van der Waals surface area contributed by atoms with E-state index in [2.05, 4.69) is 33.8 Å². The predicted molar refractivity (Wildman–Crippen MR) is 82.9 cm³/mol. The van der Waals surface area contributed by atoms with Crippen LogP contribution < -0.4 is 10.6 Å². The van der Waals surface area contributed by atoms with Crippen LogP contribution in [0.2, 0.25) is 0 Å². The van der Waals surface area contributed by atoms with Crippen molar-refractivity contribution in [2.24, 2.45) is 4.99 Å². The molecular weight excluding hydrogens is 264 g/mol. The molecule has 0 bridgehead atoms. The molecule has 6 heteroatoms. The van der Waals surface area contributed by atoms with Crippen molar-refractivity contribution in [2.75, 3.05) is 32.1 Å². The Kier molecular flexibility index (Phi) is 7.84. The number of hydrogen-bond donors (Lipinski definition) is 2. The van der Waals surface area contributed by atoms with Gasteiger partial charge in [-0.1, -0.05) is 6.92 Å². The molecule has 0 unspecified atom stereocenters. The lowest BCUT2D eigenvalue weighted by molar-refractivity contribution is 0.808. The number of hydrogen-bond acceptors (Lipinski definition) is 4. The van der Waals surface area contributed by atoms with Gasteiger partial charge in [-0.3, -0.25) is 4.99 Å². The van der Waals surface area contributed by atoms with Crippen molar-refractivity contribution >= 4 is 29.1 Å². The molecule has 0 aliphatic heterocycles. The molecule has 2 N–H and O–H groups in total. The minimum atomic E-state index is 0.871. The number of aliphatic imine (C=N–C) groups is 1. The molecule has 0 aromatic carbocycles. The molecule has 18 heavy (non-hydrogen) atoms. The molecule has 1 aromatic heterocycles. The van der Waals surface area contributed by atoms with Gasteiger partial charge in [0.2, 0.25) is 0 Å². The third kappa shape index (κ3) is 5.73. The van der Waals surface area contributed by atoms with Crippen molar-refractivity contribution in [2.45, 2.75) is 19.8 Å². The van der Waals surface area contributed by atoms with Gasteiger partial charge in [0.1, 0.15) is 0 Å². The zero-order chi connectivity index (χ0) is 13.2. The summed E-state index contributed by atoms with van der Waals surface area (Å²) in [5, 5.41) is 7.77. The van der Waals surface area contributed by atoms with Crippen LogP contribution in [0.15, 0.2) is 11.2 Å². The van der Waals surface area contributed by atoms with Gasteiger partial charge in [0.15, 0.2) is 5.96 Å². The van der Waals surface area contributed by atoms with Crippen molar-refractivity contribution < 1.29 is 0 Å². The van der Waals surface area contributed by atoms with E-state index in [4.69, 9.17) is 0 Å². The van der Waals surface area contributed by atoms with Crippen molar-refractivity contribution in [3.8, 4) is 0 Å². The second-order valence-electron chi connectivity index (χ2n) is 3.74. The first kappa shape index (κ1) is 15.3. The highest BCUT2D eigenvalue weighted by Gasteiger charge is 2.01. The number of guanidine groups is 1. The average molecular weight is 286 g/mol. The second kappa shape index (κ2) is 9.22. The van der Waals surface area contributed by atoms with Crippen LogP contribution in [0.4, 0.5) is 0 Å². The standard InChI is InChI=1S/C12H22N4S2/c1-4-10-9-16-11(18-10)5-6-14-12(13-2)15-7-8-17-3/h9H,4-8H2,1-3H3,(H2,13,14,15). The van der Waals surface area contributed by atoms with Gasteiger partial charge >= 0.3 is 0 Å². The summed E-state index contributed by atoms with van der Waals surface area (Å²) in [5.41, 5.74) is 0. The van der Waals surface area contributed by atoms with Crippen LogP contribution in [0, 0.1) is 0 Å². The minimum absolute atomic E-state index is 0.871. The van der Waals surface area contributed by atoms with Gasteiger partial charge in [-0.25, -0.2) is 4.98 Å². The molecule has 0 amide bonds. The van der Waals surface area contributed by atoms with Gasteiger partial charge < -0.3 is 10.6 Å². The van der Waals surface area contributed by atoms with Crippen LogP contribution in [-0.4, -0.2) is 43.1 Å². The average Bonchev–Trinajstić information content (AvgIpc) is 2.85. The maximum atomic E-state index is 4.40. The quantitative estimate of drug-likeness (QED) is 0.456. The fourth-order valence-electron chi connectivity index (χ4n) is 1.41. The Hall–Kier alpha value is -0.750. The number of nitrogens with one attached hydrogen (secondary N) is 2. The molecule has 0 aliphatic rings. The van der Waals surface area contributed by atoms with Crippen LogP contribution in [0.25, 0.3) is 0 Å². The lowest BCUT2D eigenvalue weighted by atomic mass is 10.4. The summed E-state index contributed by atoms with van der Waals surface area (Å²) in [4.78, 5) is 9.93. The minimum Gasteiger partial charge on any atom is -0.356 e. The number of aromatic nitrogens is 1. The summed E-state index contributed by atoms with van der Waals surface area (Å²) in [6, 6.07) is 0. The lowest BCUT2D eigenvalue weighted by Gasteiger charge is -2.10. The van der Waals surface area contributed by atoms with E-state index in [0.29, 0.717) is 0 Å². The summed E-state index contributed by atoms with van der Waals surface area (Å²) < 4.78 is 0. The molecule has 0 radical (unpaired) electrons. The molecule has 1 rings (SSSR count). The van der Waals surface area contributed by atoms with Crippen molar-refractivity contribution in [1.29, 1.82) is 0 Å². The van der Waals surface area contributed by atoms with E-state index in [1.165, 1.54) is 9.88 Å². The van der Waals surface area contributed by atoms with Crippen molar-refractivity contribution in [3.63, 3.8) is 0 Å². The van der Waals surface area contributed by atoms with E-state index in [1.807, 2.05) is 18.0 Å². The van der Waals surface area contributed by atoms with Gasteiger partial charge in [0.05, 0.1) is 5.01 Å². The Morgan fingerprint density at radius 2 is 2.22 bits per heavy atom. The fraction of sp³-hybridized carbons (Fsp3) is 0.667. The Balaban J connectivity index is 2.22. The molecular formula is C12H22N4S2. The van der Waals surface area contributed by atoms with Crippen LogP contribution in [0.1, 0.15) is 16.8 Å². The Bertz CT molecular complexity index is 363. The van der Waals surface area contributed by atoms with Gasteiger partial charge in [-0.05, 0) is 12.7 Å². The largest absolute Gasteiger partial charge is 0.356 e. The monoisotopic (exact) mass is 286 g/mol. The Morgan fingerprint density at radius 3 is 2.83 bits per heavy atom. The van der Waals surface area contributed by atoms with E-state index >= 15 is 0 Å². The summed E-state index contributed by atoms with van der Waals surface area (Å²) in [6.07, 6.45) is 6.11. The number of rotatable bonds is 7. The maximum Gasteiger partial charge on any atom is 0.191 e. The molecule has 0 spiro atoms. The zero-order valence-corrected chi connectivity index (χ0v) is 13.0. The predicted octanol–water partition coefficient (Wildman–Crippen LogP) is 1.78. The third-order valence-corrected chi connectivity index (χ3v) is 4.22. The van der Waals surface area contributed by atoms with Gasteiger partial charge in [0, 0.05) is 43.4 Å². The topological polar surface area (TPSA) is 49.3 Å². The van der Waals surface area contributed by atoms with Crippen molar-refractivity contribution in [3.05, 3.63) is 16.1 Å². The van der Waals surface area contributed by atoms with Crippen LogP contribution in [0.5, 0.6) is 0 Å². The molecule has 0 atom stereocenters. The Morgan fingerprint density at radius 1 is 1.44 bits per heavy atom.